The monoisotopic (exact) mass is 481 g/mol. The van der Waals surface area contributed by atoms with Gasteiger partial charge in [0.1, 0.15) is 0 Å². The van der Waals surface area contributed by atoms with Gasteiger partial charge in [-0.25, -0.2) is 0 Å². The highest BCUT2D eigenvalue weighted by Crippen LogP contribution is 2.26. The van der Waals surface area contributed by atoms with Gasteiger partial charge < -0.3 is 14.1 Å². The van der Waals surface area contributed by atoms with Crippen LogP contribution in [0.5, 0.6) is 0 Å². The predicted molar refractivity (Wildman–Crippen MR) is 131 cm³/mol. The minimum absolute atomic E-state index is 0.170. The number of rotatable bonds is 8. The summed E-state index contributed by atoms with van der Waals surface area (Å²) in [7, 11) is 0. The summed E-state index contributed by atoms with van der Waals surface area (Å²) in [4.78, 5) is 17.5. The second-order valence-corrected chi connectivity index (χ2v) is 9.82. The first-order valence-electron chi connectivity index (χ1n) is 12.0. The summed E-state index contributed by atoms with van der Waals surface area (Å²) >= 11 is 1.45. The van der Waals surface area contributed by atoms with E-state index in [1.54, 1.807) is 6.26 Å². The third kappa shape index (κ3) is 5.71. The van der Waals surface area contributed by atoms with Crippen LogP contribution in [0.15, 0.2) is 58.3 Å². The molecule has 0 N–H and O–H groups in total. The number of likely N-dealkylation sites (tertiary alicyclic amines) is 1. The Balaban J connectivity index is 1.18. The number of morpholine rings is 1. The SMILES string of the molecule is O=C(CSc1nnc(-c2ccco2)n1Cc1ccccc1)N1CCC(CN2CCOCC2)CC1. The number of thioether (sulfide) groups is 1. The van der Waals surface area contributed by atoms with Crippen molar-refractivity contribution in [2.45, 2.75) is 24.5 Å². The van der Waals surface area contributed by atoms with Crippen molar-refractivity contribution in [2.75, 3.05) is 51.7 Å². The van der Waals surface area contributed by atoms with Crippen LogP contribution in [0.3, 0.4) is 0 Å². The first-order valence-corrected chi connectivity index (χ1v) is 13.0. The molecule has 1 aromatic carbocycles. The molecule has 1 amide bonds. The van der Waals surface area contributed by atoms with Crippen LogP contribution in [0.1, 0.15) is 18.4 Å². The van der Waals surface area contributed by atoms with E-state index in [1.807, 2.05) is 39.8 Å². The Labute approximate surface area is 204 Å². The van der Waals surface area contributed by atoms with Gasteiger partial charge in [-0.05, 0) is 36.5 Å². The van der Waals surface area contributed by atoms with Crippen molar-refractivity contribution in [1.29, 1.82) is 0 Å². The zero-order chi connectivity index (χ0) is 23.2. The largest absolute Gasteiger partial charge is 0.461 e. The molecular weight excluding hydrogens is 450 g/mol. The Kier molecular flexibility index (Phi) is 7.62. The molecule has 0 radical (unpaired) electrons. The van der Waals surface area contributed by atoms with E-state index in [0.717, 1.165) is 69.5 Å². The van der Waals surface area contributed by atoms with Crippen molar-refractivity contribution in [3.05, 3.63) is 54.3 Å². The Morgan fingerprint density at radius 3 is 2.53 bits per heavy atom. The summed E-state index contributed by atoms with van der Waals surface area (Å²) < 4.78 is 13.1. The van der Waals surface area contributed by atoms with Gasteiger partial charge in [-0.1, -0.05) is 42.1 Å². The summed E-state index contributed by atoms with van der Waals surface area (Å²) in [5.41, 5.74) is 1.14. The Morgan fingerprint density at radius 2 is 1.79 bits per heavy atom. The molecule has 2 aliphatic heterocycles. The maximum Gasteiger partial charge on any atom is 0.233 e. The fourth-order valence-electron chi connectivity index (χ4n) is 4.62. The van der Waals surface area contributed by atoms with Gasteiger partial charge in [0.2, 0.25) is 11.7 Å². The van der Waals surface area contributed by atoms with Gasteiger partial charge in [0.05, 0.1) is 31.8 Å². The van der Waals surface area contributed by atoms with Crippen LogP contribution in [0.25, 0.3) is 11.6 Å². The second-order valence-electron chi connectivity index (χ2n) is 8.88. The topological polar surface area (TPSA) is 76.6 Å². The van der Waals surface area contributed by atoms with Crippen molar-refractivity contribution in [3.63, 3.8) is 0 Å². The van der Waals surface area contributed by atoms with Crippen LogP contribution in [-0.2, 0) is 16.1 Å². The first kappa shape index (κ1) is 23.1. The number of amides is 1. The molecular formula is C25H31N5O3S. The maximum absolute atomic E-state index is 13.0. The average Bonchev–Trinajstić information content (AvgIpc) is 3.54. The number of furan rings is 1. The van der Waals surface area contributed by atoms with Crippen molar-refractivity contribution in [2.24, 2.45) is 5.92 Å². The van der Waals surface area contributed by atoms with Gasteiger partial charge >= 0.3 is 0 Å². The summed E-state index contributed by atoms with van der Waals surface area (Å²) in [6.45, 7) is 7.15. The minimum Gasteiger partial charge on any atom is -0.461 e. The summed E-state index contributed by atoms with van der Waals surface area (Å²) in [6.07, 6.45) is 3.77. The van der Waals surface area contributed by atoms with Gasteiger partial charge in [-0.2, -0.15) is 0 Å². The fraction of sp³-hybridized carbons (Fsp3) is 0.480. The highest BCUT2D eigenvalue weighted by molar-refractivity contribution is 7.99. The highest BCUT2D eigenvalue weighted by Gasteiger charge is 2.26. The Morgan fingerprint density at radius 1 is 1.00 bits per heavy atom. The lowest BCUT2D eigenvalue weighted by Crippen LogP contribution is -2.44. The molecule has 0 unspecified atom stereocenters. The first-order chi connectivity index (χ1) is 16.8. The van der Waals surface area contributed by atoms with Crippen molar-refractivity contribution in [1.82, 2.24) is 24.6 Å². The molecule has 2 aromatic heterocycles. The summed E-state index contributed by atoms with van der Waals surface area (Å²) in [5, 5.41) is 9.49. The standard InChI is InChI=1S/C25H31N5O3S/c31-23(29-10-8-21(9-11-29)17-28-12-15-32-16-13-28)19-34-25-27-26-24(22-7-4-14-33-22)30(25)18-20-5-2-1-3-6-20/h1-7,14,21H,8-13,15-19H2. The molecule has 2 aliphatic rings. The van der Waals surface area contributed by atoms with E-state index in [-0.39, 0.29) is 5.91 Å². The summed E-state index contributed by atoms with van der Waals surface area (Å²) in [6, 6.07) is 13.9. The molecule has 9 heteroatoms. The number of carbonyl (C=O) groups is 1. The highest BCUT2D eigenvalue weighted by atomic mass is 32.2. The minimum atomic E-state index is 0.170. The lowest BCUT2D eigenvalue weighted by molar-refractivity contribution is -0.129. The van der Waals surface area contributed by atoms with E-state index < -0.39 is 0 Å². The summed E-state index contributed by atoms with van der Waals surface area (Å²) in [5.74, 6) is 2.54. The fourth-order valence-corrected chi connectivity index (χ4v) is 5.46. The van der Waals surface area contributed by atoms with E-state index in [1.165, 1.54) is 11.8 Å². The molecule has 3 aromatic rings. The lowest BCUT2D eigenvalue weighted by Gasteiger charge is -2.36. The molecule has 34 heavy (non-hydrogen) atoms. The van der Waals surface area contributed by atoms with E-state index in [0.29, 0.717) is 29.8 Å². The van der Waals surface area contributed by atoms with Crippen LogP contribution in [0, 0.1) is 5.92 Å². The average molecular weight is 482 g/mol. The number of carbonyl (C=O) groups excluding carboxylic acids is 1. The molecule has 8 nitrogen and oxygen atoms in total. The second kappa shape index (κ2) is 11.2. The zero-order valence-corrected chi connectivity index (χ0v) is 20.2. The molecule has 0 saturated carbocycles. The molecule has 0 aliphatic carbocycles. The van der Waals surface area contributed by atoms with Gasteiger partial charge in [0.25, 0.3) is 0 Å². The molecule has 2 saturated heterocycles. The van der Waals surface area contributed by atoms with Gasteiger partial charge in [-0.15, -0.1) is 10.2 Å². The number of benzene rings is 1. The third-order valence-electron chi connectivity index (χ3n) is 6.55. The van der Waals surface area contributed by atoms with Crippen LogP contribution in [-0.4, -0.2) is 82.2 Å². The lowest BCUT2D eigenvalue weighted by atomic mass is 9.96. The molecule has 180 valence electrons. The van der Waals surface area contributed by atoms with Crippen LogP contribution < -0.4 is 0 Å². The van der Waals surface area contributed by atoms with E-state index in [4.69, 9.17) is 9.15 Å². The quantitative estimate of drug-likeness (QED) is 0.457. The molecule has 0 atom stereocenters. The van der Waals surface area contributed by atoms with Crippen LogP contribution in [0.2, 0.25) is 0 Å². The van der Waals surface area contributed by atoms with Crippen molar-refractivity contribution < 1.29 is 13.9 Å². The third-order valence-corrected chi connectivity index (χ3v) is 7.51. The molecule has 0 spiro atoms. The Bertz CT molecular complexity index is 1040. The van der Waals surface area contributed by atoms with Gasteiger partial charge in [0, 0.05) is 32.7 Å². The smallest absolute Gasteiger partial charge is 0.233 e. The predicted octanol–water partition coefficient (Wildman–Crippen LogP) is 3.25. The molecule has 0 bridgehead atoms. The number of ether oxygens (including phenoxy) is 1. The molecule has 5 rings (SSSR count). The normalized spacial score (nSPS) is 17.8. The Hall–Kier alpha value is -2.62. The van der Waals surface area contributed by atoms with E-state index >= 15 is 0 Å². The number of piperidine rings is 1. The van der Waals surface area contributed by atoms with E-state index in [2.05, 4.69) is 27.2 Å². The molecule has 4 heterocycles. The van der Waals surface area contributed by atoms with E-state index in [9.17, 15) is 4.79 Å². The van der Waals surface area contributed by atoms with Crippen molar-refractivity contribution >= 4 is 17.7 Å². The number of hydrogen-bond acceptors (Lipinski definition) is 7. The molecule has 2 fully saturated rings. The number of hydrogen-bond donors (Lipinski definition) is 0. The van der Waals surface area contributed by atoms with Crippen molar-refractivity contribution in [3.8, 4) is 11.6 Å². The van der Waals surface area contributed by atoms with Gasteiger partial charge in [-0.3, -0.25) is 14.3 Å². The maximum atomic E-state index is 13.0. The number of nitrogens with zero attached hydrogens (tertiary/aromatic N) is 5. The van der Waals surface area contributed by atoms with Crippen LogP contribution >= 0.6 is 11.8 Å². The van der Waals surface area contributed by atoms with Crippen LogP contribution in [0.4, 0.5) is 0 Å². The van der Waals surface area contributed by atoms with Gasteiger partial charge in [0.15, 0.2) is 10.9 Å². The number of aromatic nitrogens is 3. The zero-order valence-electron chi connectivity index (χ0n) is 19.3.